The lowest BCUT2D eigenvalue weighted by Gasteiger charge is -2.37. The van der Waals surface area contributed by atoms with E-state index < -0.39 is 0 Å². The highest BCUT2D eigenvalue weighted by Crippen LogP contribution is 2.21. The third-order valence-corrected chi connectivity index (χ3v) is 4.65. The number of rotatable bonds is 3. The van der Waals surface area contributed by atoms with Crippen LogP contribution in [0.15, 0.2) is 12.1 Å². The Morgan fingerprint density at radius 1 is 1.53 bits per heavy atom. The number of nitrogens with zero attached hydrogens (tertiary/aromatic N) is 1. The van der Waals surface area contributed by atoms with Crippen molar-refractivity contribution in [3.8, 4) is 0 Å². The smallest absolute Gasteiger partial charge is 0.320 e. The van der Waals surface area contributed by atoms with Crippen molar-refractivity contribution < 1.29 is 4.79 Å². The van der Waals surface area contributed by atoms with Crippen LogP contribution in [-0.2, 0) is 0 Å². The molecule has 1 fully saturated rings. The summed E-state index contributed by atoms with van der Waals surface area (Å²) in [6.07, 6.45) is 2.07. The minimum Gasteiger partial charge on any atom is -0.335 e. The number of thiophene rings is 1. The highest BCUT2D eigenvalue weighted by molar-refractivity contribution is 7.16. The molecule has 1 aliphatic rings. The summed E-state index contributed by atoms with van der Waals surface area (Å²) in [4.78, 5) is 15.6. The zero-order chi connectivity index (χ0) is 13.8. The van der Waals surface area contributed by atoms with Crippen LogP contribution in [0.3, 0.4) is 0 Å². The summed E-state index contributed by atoms with van der Waals surface area (Å²) >= 11 is 1.60. The molecule has 0 radical (unpaired) electrons. The average molecular weight is 281 g/mol. The van der Waals surface area contributed by atoms with Crippen molar-refractivity contribution in [2.45, 2.75) is 45.7 Å². The van der Waals surface area contributed by atoms with Crippen LogP contribution in [0.2, 0.25) is 0 Å². The van der Waals surface area contributed by atoms with E-state index in [2.05, 4.69) is 29.4 Å². The van der Waals surface area contributed by atoms with E-state index in [1.54, 1.807) is 11.3 Å². The minimum atomic E-state index is -0.0796. The number of hydrogen-bond acceptors (Lipinski definition) is 3. The van der Waals surface area contributed by atoms with Gasteiger partial charge >= 0.3 is 6.03 Å². The molecule has 0 spiro atoms. The van der Waals surface area contributed by atoms with E-state index in [0.717, 1.165) is 30.9 Å². The highest BCUT2D eigenvalue weighted by Gasteiger charge is 2.25. The average Bonchev–Trinajstić information content (AvgIpc) is 2.74. The first-order chi connectivity index (χ1) is 9.08. The van der Waals surface area contributed by atoms with Gasteiger partial charge in [0.15, 0.2) is 0 Å². The number of piperidine rings is 1. The van der Waals surface area contributed by atoms with Crippen molar-refractivity contribution >= 4 is 22.4 Å². The van der Waals surface area contributed by atoms with Gasteiger partial charge in [0.1, 0.15) is 0 Å². The Kier molecular flexibility index (Phi) is 4.82. The van der Waals surface area contributed by atoms with Crippen molar-refractivity contribution in [2.24, 2.45) is 0 Å². The van der Waals surface area contributed by atoms with Gasteiger partial charge in [0.05, 0.1) is 5.00 Å². The minimum absolute atomic E-state index is 0.0796. The molecule has 4 nitrogen and oxygen atoms in total. The summed E-state index contributed by atoms with van der Waals surface area (Å²) in [5.74, 6) is 0. The number of urea groups is 1. The molecule has 1 saturated heterocycles. The summed E-state index contributed by atoms with van der Waals surface area (Å²) < 4.78 is 0. The maximum Gasteiger partial charge on any atom is 0.320 e. The van der Waals surface area contributed by atoms with Gasteiger partial charge in [-0.25, -0.2) is 4.79 Å². The van der Waals surface area contributed by atoms with Crippen LogP contribution < -0.4 is 10.6 Å². The summed E-state index contributed by atoms with van der Waals surface area (Å²) in [7, 11) is 0. The molecule has 1 aromatic heterocycles. The van der Waals surface area contributed by atoms with Gasteiger partial charge in [-0.15, -0.1) is 11.3 Å². The lowest BCUT2D eigenvalue weighted by molar-refractivity contribution is 0.145. The predicted molar refractivity (Wildman–Crippen MR) is 80.9 cm³/mol. The monoisotopic (exact) mass is 281 g/mol. The van der Waals surface area contributed by atoms with Crippen LogP contribution in [-0.4, -0.2) is 36.1 Å². The van der Waals surface area contributed by atoms with E-state index in [4.69, 9.17) is 0 Å². The summed E-state index contributed by atoms with van der Waals surface area (Å²) in [6, 6.07) is 4.72. The van der Waals surface area contributed by atoms with Crippen LogP contribution in [0.5, 0.6) is 0 Å². The van der Waals surface area contributed by atoms with E-state index in [-0.39, 0.29) is 6.03 Å². The molecule has 2 N–H and O–H groups in total. The van der Waals surface area contributed by atoms with Gasteiger partial charge in [0, 0.05) is 23.5 Å². The zero-order valence-electron chi connectivity index (χ0n) is 11.9. The number of nitrogens with one attached hydrogen (secondary N) is 2. The van der Waals surface area contributed by atoms with Gasteiger partial charge in [-0.1, -0.05) is 6.92 Å². The fraction of sp³-hybridized carbons (Fsp3) is 0.643. The Bertz CT molecular complexity index is 432. The number of amides is 2. The Morgan fingerprint density at radius 3 is 2.89 bits per heavy atom. The van der Waals surface area contributed by atoms with Crippen LogP contribution in [0.4, 0.5) is 9.80 Å². The molecule has 2 unspecified atom stereocenters. The molecule has 0 aromatic carbocycles. The molecule has 2 atom stereocenters. The molecule has 1 aliphatic heterocycles. The number of aryl methyl sites for hydroxylation is 1. The maximum absolute atomic E-state index is 11.9. The summed E-state index contributed by atoms with van der Waals surface area (Å²) in [5, 5.41) is 6.90. The van der Waals surface area contributed by atoms with E-state index >= 15 is 0 Å². The van der Waals surface area contributed by atoms with Crippen molar-refractivity contribution in [2.75, 3.05) is 18.4 Å². The number of hydrogen-bond donors (Lipinski definition) is 2. The second-order valence-corrected chi connectivity index (χ2v) is 6.50. The number of carbonyl (C=O) groups is 1. The van der Waals surface area contributed by atoms with Crippen molar-refractivity contribution in [3.05, 3.63) is 17.0 Å². The molecule has 2 rings (SSSR count). The van der Waals surface area contributed by atoms with E-state index in [9.17, 15) is 4.79 Å². The van der Waals surface area contributed by atoms with Crippen molar-refractivity contribution in [1.82, 2.24) is 10.2 Å². The Hall–Kier alpha value is -1.07. The van der Waals surface area contributed by atoms with Gasteiger partial charge in [-0.3, -0.25) is 5.32 Å². The lowest BCUT2D eigenvalue weighted by atomic mass is 9.98. The second-order valence-electron chi connectivity index (χ2n) is 5.21. The molecule has 106 valence electrons. The fourth-order valence-electron chi connectivity index (χ4n) is 2.66. The van der Waals surface area contributed by atoms with Crippen molar-refractivity contribution in [3.63, 3.8) is 0 Å². The summed E-state index contributed by atoms with van der Waals surface area (Å²) in [6.45, 7) is 8.62. The first-order valence-electron chi connectivity index (χ1n) is 6.96. The first-order valence-corrected chi connectivity index (χ1v) is 7.78. The third kappa shape index (κ3) is 3.94. The molecule has 0 aliphatic carbocycles. The number of likely N-dealkylation sites (tertiary alicyclic amines) is 1. The van der Waals surface area contributed by atoms with Crippen LogP contribution in [0, 0.1) is 6.92 Å². The predicted octanol–water partition coefficient (Wildman–Crippen LogP) is 3.05. The van der Waals surface area contributed by atoms with Gasteiger partial charge in [0.2, 0.25) is 0 Å². The van der Waals surface area contributed by atoms with E-state index in [1.807, 2.05) is 19.1 Å². The summed E-state index contributed by atoms with van der Waals surface area (Å²) in [5.41, 5.74) is 0. The molecule has 0 bridgehead atoms. The van der Waals surface area contributed by atoms with Crippen LogP contribution in [0.1, 0.15) is 31.6 Å². The Labute approximate surface area is 119 Å². The maximum atomic E-state index is 11.9. The second kappa shape index (κ2) is 6.39. The van der Waals surface area contributed by atoms with Crippen molar-refractivity contribution in [1.29, 1.82) is 0 Å². The van der Waals surface area contributed by atoms with Gasteiger partial charge in [0.25, 0.3) is 0 Å². The Balaban J connectivity index is 1.80. The SMILES string of the molecule is CCN1CCC(NC(=O)Nc2ccc(C)s2)CC1C. The molecule has 2 amide bonds. The largest absolute Gasteiger partial charge is 0.335 e. The highest BCUT2D eigenvalue weighted by atomic mass is 32.1. The molecular weight excluding hydrogens is 258 g/mol. The molecule has 19 heavy (non-hydrogen) atoms. The van der Waals surface area contributed by atoms with Crippen LogP contribution >= 0.6 is 11.3 Å². The molecule has 0 saturated carbocycles. The number of carbonyl (C=O) groups excluding carboxylic acids is 1. The van der Waals surface area contributed by atoms with Gasteiger partial charge in [-0.05, 0) is 45.4 Å². The molecule has 2 heterocycles. The lowest BCUT2D eigenvalue weighted by Crippen LogP contribution is -2.49. The standard InChI is InChI=1S/C14H23N3OS/c1-4-17-8-7-12(9-10(17)2)15-14(18)16-13-6-5-11(3)19-13/h5-6,10,12H,4,7-9H2,1-3H3,(H2,15,16,18). The Morgan fingerprint density at radius 2 is 2.32 bits per heavy atom. The normalized spacial score (nSPS) is 24.2. The van der Waals surface area contributed by atoms with Gasteiger partial charge in [-0.2, -0.15) is 0 Å². The van der Waals surface area contributed by atoms with E-state index in [1.165, 1.54) is 4.88 Å². The fourth-order valence-corrected chi connectivity index (χ4v) is 3.42. The van der Waals surface area contributed by atoms with Gasteiger partial charge < -0.3 is 10.2 Å². The topological polar surface area (TPSA) is 44.4 Å². The zero-order valence-corrected chi connectivity index (χ0v) is 12.7. The molecular formula is C14H23N3OS. The molecule has 5 heteroatoms. The number of anilines is 1. The first kappa shape index (κ1) is 14.3. The third-order valence-electron chi connectivity index (χ3n) is 3.73. The van der Waals surface area contributed by atoms with Crippen LogP contribution in [0.25, 0.3) is 0 Å². The quantitative estimate of drug-likeness (QED) is 0.894. The molecule has 1 aromatic rings. The van der Waals surface area contributed by atoms with E-state index in [0.29, 0.717) is 12.1 Å².